The van der Waals surface area contributed by atoms with Gasteiger partial charge in [0.1, 0.15) is 0 Å². The molecule has 100 valence electrons. The molecule has 0 fully saturated rings. The molecule has 0 aliphatic rings. The van der Waals surface area contributed by atoms with E-state index in [0.29, 0.717) is 12.6 Å². The van der Waals surface area contributed by atoms with Crippen LogP contribution >= 0.6 is 15.9 Å². The molecular formula is C12H19BrN4O. The molecule has 1 aromatic rings. The average molecular weight is 315 g/mol. The van der Waals surface area contributed by atoms with Crippen molar-refractivity contribution < 1.29 is 4.74 Å². The third-order valence-corrected chi connectivity index (χ3v) is 2.84. The number of guanidine groups is 1. The fourth-order valence-corrected chi connectivity index (χ4v) is 1.82. The summed E-state index contributed by atoms with van der Waals surface area (Å²) >= 11 is 3.43. The van der Waals surface area contributed by atoms with Crippen molar-refractivity contribution in [2.24, 2.45) is 10.8 Å². The Labute approximate surface area is 116 Å². The minimum Gasteiger partial charge on any atom is -0.382 e. The van der Waals surface area contributed by atoms with E-state index >= 15 is 0 Å². The predicted molar refractivity (Wildman–Crippen MR) is 78.6 cm³/mol. The SMILES string of the molecule is COCC(C)N=C(NN)Nc1cc(Br)ccc1C. The van der Waals surface area contributed by atoms with Crippen LogP contribution in [-0.2, 0) is 4.74 Å². The normalized spacial score (nSPS) is 13.3. The van der Waals surface area contributed by atoms with Crippen molar-refractivity contribution in [3.8, 4) is 0 Å². The smallest absolute Gasteiger partial charge is 0.210 e. The molecule has 6 heteroatoms. The van der Waals surface area contributed by atoms with E-state index in [2.05, 4.69) is 31.7 Å². The zero-order chi connectivity index (χ0) is 13.5. The van der Waals surface area contributed by atoms with Gasteiger partial charge in [0, 0.05) is 17.3 Å². The van der Waals surface area contributed by atoms with Gasteiger partial charge in [-0.25, -0.2) is 10.8 Å². The van der Waals surface area contributed by atoms with Gasteiger partial charge >= 0.3 is 0 Å². The molecule has 5 nitrogen and oxygen atoms in total. The first kappa shape index (κ1) is 14.9. The van der Waals surface area contributed by atoms with E-state index in [1.807, 2.05) is 32.0 Å². The molecule has 0 aromatic heterocycles. The lowest BCUT2D eigenvalue weighted by atomic mass is 10.2. The number of nitrogens with zero attached hydrogens (tertiary/aromatic N) is 1. The summed E-state index contributed by atoms with van der Waals surface area (Å²) in [6, 6.07) is 6.00. The summed E-state index contributed by atoms with van der Waals surface area (Å²) in [6.45, 7) is 4.52. The average Bonchev–Trinajstić information content (AvgIpc) is 2.33. The number of ether oxygens (including phenoxy) is 1. The number of hydrazine groups is 1. The first-order valence-electron chi connectivity index (χ1n) is 5.63. The number of hydrogen-bond acceptors (Lipinski definition) is 3. The Kier molecular flexibility index (Phi) is 6.11. The summed E-state index contributed by atoms with van der Waals surface area (Å²) in [5, 5.41) is 3.16. The van der Waals surface area contributed by atoms with Crippen molar-refractivity contribution >= 4 is 27.6 Å². The summed E-state index contributed by atoms with van der Waals surface area (Å²) < 4.78 is 6.03. The lowest BCUT2D eigenvalue weighted by Crippen LogP contribution is -2.37. The summed E-state index contributed by atoms with van der Waals surface area (Å²) in [6.07, 6.45) is 0. The molecule has 0 bridgehead atoms. The van der Waals surface area contributed by atoms with Gasteiger partial charge in [0.2, 0.25) is 5.96 Å². The summed E-state index contributed by atoms with van der Waals surface area (Å²) in [5.41, 5.74) is 4.62. The number of hydrogen-bond donors (Lipinski definition) is 3. The number of aryl methyl sites for hydroxylation is 1. The topological polar surface area (TPSA) is 71.7 Å². The van der Waals surface area contributed by atoms with E-state index < -0.39 is 0 Å². The van der Waals surface area contributed by atoms with Gasteiger partial charge < -0.3 is 10.1 Å². The van der Waals surface area contributed by atoms with Gasteiger partial charge in [0.25, 0.3) is 0 Å². The number of aliphatic imine (C=N–C) groups is 1. The van der Waals surface area contributed by atoms with Crippen LogP contribution in [0.3, 0.4) is 0 Å². The van der Waals surface area contributed by atoms with Crippen molar-refractivity contribution in [1.29, 1.82) is 0 Å². The van der Waals surface area contributed by atoms with E-state index in [-0.39, 0.29) is 6.04 Å². The van der Waals surface area contributed by atoms with E-state index in [9.17, 15) is 0 Å². The maximum Gasteiger partial charge on any atom is 0.210 e. The molecule has 0 saturated carbocycles. The standard InChI is InChI=1S/C12H19BrN4O/c1-8-4-5-10(13)6-11(8)16-12(17-14)15-9(2)7-18-3/h4-6,9H,7,14H2,1-3H3,(H2,15,16,17). The van der Waals surface area contributed by atoms with Crippen LogP contribution in [0.1, 0.15) is 12.5 Å². The van der Waals surface area contributed by atoms with Crippen molar-refractivity contribution in [1.82, 2.24) is 5.43 Å². The van der Waals surface area contributed by atoms with Crippen molar-refractivity contribution in [3.63, 3.8) is 0 Å². The van der Waals surface area contributed by atoms with Crippen molar-refractivity contribution in [2.75, 3.05) is 19.0 Å². The molecule has 0 radical (unpaired) electrons. The molecule has 0 amide bonds. The Hall–Kier alpha value is -1.11. The minimum absolute atomic E-state index is 0.0287. The zero-order valence-corrected chi connectivity index (χ0v) is 12.4. The van der Waals surface area contributed by atoms with Gasteiger partial charge in [-0.1, -0.05) is 22.0 Å². The quantitative estimate of drug-likeness (QED) is 0.344. The summed E-state index contributed by atoms with van der Waals surface area (Å²) in [7, 11) is 1.65. The second kappa shape index (κ2) is 7.35. The molecular weight excluding hydrogens is 296 g/mol. The van der Waals surface area contributed by atoms with Gasteiger partial charge in [0.15, 0.2) is 0 Å². The molecule has 1 atom stereocenters. The highest BCUT2D eigenvalue weighted by molar-refractivity contribution is 9.10. The van der Waals surface area contributed by atoms with Gasteiger partial charge in [0.05, 0.1) is 12.6 Å². The van der Waals surface area contributed by atoms with Crippen LogP contribution in [-0.4, -0.2) is 25.7 Å². The van der Waals surface area contributed by atoms with Crippen LogP contribution in [0.4, 0.5) is 5.69 Å². The molecule has 18 heavy (non-hydrogen) atoms. The monoisotopic (exact) mass is 314 g/mol. The van der Waals surface area contributed by atoms with Crippen LogP contribution in [0.15, 0.2) is 27.7 Å². The van der Waals surface area contributed by atoms with Crippen molar-refractivity contribution in [2.45, 2.75) is 19.9 Å². The van der Waals surface area contributed by atoms with Crippen LogP contribution in [0.5, 0.6) is 0 Å². The molecule has 4 N–H and O–H groups in total. The van der Waals surface area contributed by atoms with Crippen LogP contribution in [0.2, 0.25) is 0 Å². The molecule has 0 aliphatic carbocycles. The van der Waals surface area contributed by atoms with Crippen molar-refractivity contribution in [3.05, 3.63) is 28.2 Å². The van der Waals surface area contributed by atoms with Gasteiger partial charge in [-0.15, -0.1) is 0 Å². The number of nitrogens with one attached hydrogen (secondary N) is 2. The maximum atomic E-state index is 5.46. The Morgan fingerprint density at radius 2 is 2.28 bits per heavy atom. The molecule has 0 spiro atoms. The Balaban J connectivity index is 2.82. The minimum atomic E-state index is 0.0287. The Morgan fingerprint density at radius 3 is 2.89 bits per heavy atom. The molecule has 1 rings (SSSR count). The predicted octanol–water partition coefficient (Wildman–Crippen LogP) is 2.02. The highest BCUT2D eigenvalue weighted by atomic mass is 79.9. The Morgan fingerprint density at radius 1 is 1.56 bits per heavy atom. The van der Waals surface area contributed by atoms with Gasteiger partial charge in [-0.3, -0.25) is 5.43 Å². The number of nitrogens with two attached hydrogens (primary N) is 1. The third kappa shape index (κ3) is 4.64. The lowest BCUT2D eigenvalue weighted by molar-refractivity contribution is 0.185. The van der Waals surface area contributed by atoms with E-state index in [1.54, 1.807) is 7.11 Å². The maximum absolute atomic E-state index is 5.46. The largest absolute Gasteiger partial charge is 0.382 e. The Bertz CT molecular complexity index is 423. The highest BCUT2D eigenvalue weighted by Crippen LogP contribution is 2.20. The van der Waals surface area contributed by atoms with E-state index in [4.69, 9.17) is 10.6 Å². The molecule has 1 unspecified atom stereocenters. The first-order valence-corrected chi connectivity index (χ1v) is 6.42. The second-order valence-electron chi connectivity index (χ2n) is 4.01. The first-order chi connectivity index (χ1) is 8.56. The zero-order valence-electron chi connectivity index (χ0n) is 10.8. The summed E-state index contributed by atoms with van der Waals surface area (Å²) in [5.74, 6) is 5.97. The van der Waals surface area contributed by atoms with Crippen LogP contribution < -0.4 is 16.6 Å². The molecule has 1 aromatic carbocycles. The van der Waals surface area contributed by atoms with Crippen LogP contribution in [0.25, 0.3) is 0 Å². The van der Waals surface area contributed by atoms with Gasteiger partial charge in [-0.2, -0.15) is 0 Å². The number of halogens is 1. The highest BCUT2D eigenvalue weighted by Gasteiger charge is 2.05. The number of benzene rings is 1. The number of methoxy groups -OCH3 is 1. The molecule has 0 aliphatic heterocycles. The molecule has 0 heterocycles. The fraction of sp³-hybridized carbons (Fsp3) is 0.417. The lowest BCUT2D eigenvalue weighted by Gasteiger charge is -2.14. The number of rotatable bonds is 4. The number of anilines is 1. The van der Waals surface area contributed by atoms with Crippen LogP contribution in [0, 0.1) is 6.92 Å². The molecule has 0 saturated heterocycles. The fourth-order valence-electron chi connectivity index (χ4n) is 1.46. The van der Waals surface area contributed by atoms with E-state index in [1.165, 1.54) is 0 Å². The third-order valence-electron chi connectivity index (χ3n) is 2.35. The summed E-state index contributed by atoms with van der Waals surface area (Å²) in [4.78, 5) is 4.38. The van der Waals surface area contributed by atoms with Gasteiger partial charge in [-0.05, 0) is 31.5 Å². The van der Waals surface area contributed by atoms with E-state index in [0.717, 1.165) is 15.7 Å². The second-order valence-corrected chi connectivity index (χ2v) is 4.93.